The Morgan fingerprint density at radius 3 is 2.08 bits per heavy atom. The highest BCUT2D eigenvalue weighted by molar-refractivity contribution is 6.05. The molecule has 0 aliphatic carbocycles. The van der Waals surface area contributed by atoms with Gasteiger partial charge in [0.25, 0.3) is 0 Å². The van der Waals surface area contributed by atoms with Crippen molar-refractivity contribution in [2.24, 2.45) is 5.92 Å². The van der Waals surface area contributed by atoms with Crippen LogP contribution in [0.3, 0.4) is 0 Å². The fourth-order valence-electron chi connectivity index (χ4n) is 0.865. The molecule has 0 aliphatic rings. The molecular weight excluding hydrogens is 159 g/mol. The lowest BCUT2D eigenvalue weighted by molar-refractivity contribution is -0.134. The summed E-state index contributed by atoms with van der Waals surface area (Å²) in [5.41, 5.74) is 0. The van der Waals surface area contributed by atoms with Crippen molar-refractivity contribution in [1.82, 2.24) is 0 Å². The molecule has 70 valence electrons. The minimum absolute atomic E-state index is 0.0883. The molecule has 12 heavy (non-hydrogen) atoms. The van der Waals surface area contributed by atoms with Crippen LogP contribution >= 0.6 is 0 Å². The van der Waals surface area contributed by atoms with Crippen LogP contribution in [-0.4, -0.2) is 17.7 Å². The summed E-state index contributed by atoms with van der Waals surface area (Å²) >= 11 is 0. The zero-order valence-electron chi connectivity index (χ0n) is 7.76. The summed E-state index contributed by atoms with van der Waals surface area (Å²) in [5.74, 6) is -1.09. The molecule has 1 atom stereocenters. The molecule has 0 fully saturated rings. The Hall–Kier alpha value is -0.730. The van der Waals surface area contributed by atoms with Crippen molar-refractivity contribution in [3.63, 3.8) is 0 Å². The molecular formula is C9H15FO2. The molecule has 0 aromatic rings. The van der Waals surface area contributed by atoms with Gasteiger partial charge in [-0.05, 0) is 5.92 Å². The first-order chi connectivity index (χ1) is 5.49. The fourth-order valence-corrected chi connectivity index (χ4v) is 0.865. The summed E-state index contributed by atoms with van der Waals surface area (Å²) in [6.45, 7) is 5.19. The van der Waals surface area contributed by atoms with Crippen LogP contribution in [0.5, 0.6) is 0 Å². The van der Waals surface area contributed by atoms with Crippen LogP contribution in [-0.2, 0) is 9.59 Å². The lowest BCUT2D eigenvalue weighted by atomic mass is 10.0. The van der Waals surface area contributed by atoms with Gasteiger partial charge in [-0.1, -0.05) is 20.8 Å². The molecule has 0 spiro atoms. The zero-order chi connectivity index (χ0) is 9.72. The first-order valence-corrected chi connectivity index (χ1v) is 4.18. The summed E-state index contributed by atoms with van der Waals surface area (Å²) in [4.78, 5) is 21.7. The highest BCUT2D eigenvalue weighted by atomic mass is 19.1. The monoisotopic (exact) mass is 174 g/mol. The SMILES string of the molecule is CCC(=O)C(F)C(=O)CC(C)C. The van der Waals surface area contributed by atoms with Crippen LogP contribution in [0.15, 0.2) is 0 Å². The van der Waals surface area contributed by atoms with E-state index in [1.54, 1.807) is 6.92 Å². The summed E-state index contributed by atoms with van der Waals surface area (Å²) in [5, 5.41) is 0. The standard InChI is InChI=1S/C9H15FO2/c1-4-7(11)9(10)8(12)5-6(2)3/h6,9H,4-5H2,1-3H3. The number of carbonyl (C=O) groups is 2. The Labute approximate surface area is 72.1 Å². The van der Waals surface area contributed by atoms with Crippen molar-refractivity contribution in [3.8, 4) is 0 Å². The molecule has 0 bridgehead atoms. The summed E-state index contributed by atoms with van der Waals surface area (Å²) in [7, 11) is 0. The molecule has 0 saturated carbocycles. The molecule has 0 heterocycles. The van der Waals surface area contributed by atoms with E-state index < -0.39 is 17.7 Å². The Bertz CT molecular complexity index is 175. The second-order valence-electron chi connectivity index (χ2n) is 3.25. The van der Waals surface area contributed by atoms with Crippen LogP contribution in [0.4, 0.5) is 4.39 Å². The van der Waals surface area contributed by atoms with Gasteiger partial charge < -0.3 is 0 Å². The number of carbonyl (C=O) groups excluding carboxylic acids is 2. The molecule has 0 aromatic heterocycles. The van der Waals surface area contributed by atoms with Gasteiger partial charge in [-0.25, -0.2) is 4.39 Å². The van der Waals surface area contributed by atoms with Gasteiger partial charge in [0.1, 0.15) is 0 Å². The van der Waals surface area contributed by atoms with E-state index in [1.807, 2.05) is 13.8 Å². The van der Waals surface area contributed by atoms with Gasteiger partial charge in [-0.2, -0.15) is 0 Å². The molecule has 1 unspecified atom stereocenters. The van der Waals surface area contributed by atoms with Crippen molar-refractivity contribution in [2.45, 2.75) is 39.8 Å². The van der Waals surface area contributed by atoms with Crippen LogP contribution < -0.4 is 0 Å². The average molecular weight is 174 g/mol. The van der Waals surface area contributed by atoms with Gasteiger partial charge in [-0.3, -0.25) is 9.59 Å². The maximum atomic E-state index is 12.9. The average Bonchev–Trinajstić information content (AvgIpc) is 2.00. The predicted octanol–water partition coefficient (Wildman–Crippen LogP) is 1.92. The number of hydrogen-bond donors (Lipinski definition) is 0. The van der Waals surface area contributed by atoms with Gasteiger partial charge in [0.15, 0.2) is 11.6 Å². The van der Waals surface area contributed by atoms with Crippen molar-refractivity contribution in [2.75, 3.05) is 0 Å². The van der Waals surface area contributed by atoms with Gasteiger partial charge in [0.05, 0.1) is 0 Å². The number of alkyl halides is 1. The van der Waals surface area contributed by atoms with Crippen LogP contribution in [0.2, 0.25) is 0 Å². The number of Topliss-reactive ketones (excluding diaryl/α,β-unsaturated/α-hetero) is 2. The minimum atomic E-state index is -1.89. The number of rotatable bonds is 5. The van der Waals surface area contributed by atoms with Gasteiger partial charge in [-0.15, -0.1) is 0 Å². The fraction of sp³-hybridized carbons (Fsp3) is 0.778. The molecule has 0 aliphatic heterocycles. The maximum absolute atomic E-state index is 12.9. The molecule has 3 heteroatoms. The van der Waals surface area contributed by atoms with Gasteiger partial charge in [0.2, 0.25) is 6.17 Å². The highest BCUT2D eigenvalue weighted by Crippen LogP contribution is 2.07. The highest BCUT2D eigenvalue weighted by Gasteiger charge is 2.24. The minimum Gasteiger partial charge on any atom is -0.296 e. The Morgan fingerprint density at radius 1 is 1.25 bits per heavy atom. The molecule has 0 amide bonds. The van der Waals surface area contributed by atoms with E-state index >= 15 is 0 Å². The van der Waals surface area contributed by atoms with E-state index in [2.05, 4.69) is 0 Å². The third-order valence-corrected chi connectivity index (χ3v) is 1.52. The quantitative estimate of drug-likeness (QED) is 0.597. The normalized spacial score (nSPS) is 13.1. The van der Waals surface area contributed by atoms with Crippen LogP contribution in [0.1, 0.15) is 33.6 Å². The zero-order valence-corrected chi connectivity index (χ0v) is 7.76. The summed E-state index contributed by atoms with van der Waals surface area (Å²) in [6, 6.07) is 0. The molecule has 0 N–H and O–H groups in total. The van der Waals surface area contributed by atoms with Gasteiger partial charge >= 0.3 is 0 Å². The van der Waals surface area contributed by atoms with Crippen LogP contribution in [0.25, 0.3) is 0 Å². The second kappa shape index (κ2) is 5.01. The first-order valence-electron chi connectivity index (χ1n) is 4.18. The summed E-state index contributed by atoms with van der Waals surface area (Å²) < 4.78 is 12.9. The number of halogens is 1. The van der Waals surface area contributed by atoms with E-state index in [0.717, 1.165) is 0 Å². The lowest BCUT2D eigenvalue weighted by Gasteiger charge is -2.06. The van der Waals surface area contributed by atoms with Crippen molar-refractivity contribution in [3.05, 3.63) is 0 Å². The number of hydrogen-bond acceptors (Lipinski definition) is 2. The number of ketones is 2. The lowest BCUT2D eigenvalue weighted by Crippen LogP contribution is -2.26. The van der Waals surface area contributed by atoms with E-state index in [4.69, 9.17) is 0 Å². The Balaban J connectivity index is 4.01. The third-order valence-electron chi connectivity index (χ3n) is 1.52. The van der Waals surface area contributed by atoms with E-state index in [0.29, 0.717) is 0 Å². The van der Waals surface area contributed by atoms with Gasteiger partial charge in [0, 0.05) is 12.8 Å². The Kier molecular flexibility index (Phi) is 4.71. The summed E-state index contributed by atoms with van der Waals surface area (Å²) in [6.07, 6.45) is -1.66. The van der Waals surface area contributed by atoms with Crippen LogP contribution in [0, 0.1) is 5.92 Å². The third kappa shape index (κ3) is 3.60. The smallest absolute Gasteiger partial charge is 0.216 e. The molecule has 0 saturated heterocycles. The van der Waals surface area contributed by atoms with E-state index in [1.165, 1.54) is 0 Å². The second-order valence-corrected chi connectivity index (χ2v) is 3.25. The maximum Gasteiger partial charge on any atom is 0.216 e. The molecule has 0 aromatic carbocycles. The molecule has 0 radical (unpaired) electrons. The topological polar surface area (TPSA) is 34.1 Å². The van der Waals surface area contributed by atoms with Crippen molar-refractivity contribution < 1.29 is 14.0 Å². The van der Waals surface area contributed by atoms with E-state index in [9.17, 15) is 14.0 Å². The Morgan fingerprint density at radius 2 is 1.75 bits per heavy atom. The van der Waals surface area contributed by atoms with Crippen molar-refractivity contribution in [1.29, 1.82) is 0 Å². The molecule has 2 nitrogen and oxygen atoms in total. The largest absolute Gasteiger partial charge is 0.296 e. The predicted molar refractivity (Wildman–Crippen MR) is 44.7 cm³/mol. The van der Waals surface area contributed by atoms with Crippen molar-refractivity contribution >= 4 is 11.6 Å². The molecule has 0 rings (SSSR count). The van der Waals surface area contributed by atoms with E-state index in [-0.39, 0.29) is 18.8 Å². The first kappa shape index (κ1) is 11.3.